The van der Waals surface area contributed by atoms with Crippen LogP contribution in [-0.2, 0) is 6.54 Å². The number of nitrogens with two attached hydrogens (primary N) is 1. The Labute approximate surface area is 109 Å². The Morgan fingerprint density at radius 3 is 2.39 bits per heavy atom. The van der Waals surface area contributed by atoms with E-state index in [1.54, 1.807) is 14.2 Å². The second-order valence-corrected chi connectivity index (χ2v) is 3.90. The van der Waals surface area contributed by atoms with Crippen molar-refractivity contribution in [1.82, 2.24) is 10.6 Å². The molecular weight excluding hydrogens is 230 g/mol. The topological polar surface area (TPSA) is 68.5 Å². The van der Waals surface area contributed by atoms with Crippen LogP contribution in [0.4, 0.5) is 0 Å². The molecule has 18 heavy (non-hydrogen) atoms. The average Bonchev–Trinajstić information content (AvgIpc) is 2.42. The summed E-state index contributed by atoms with van der Waals surface area (Å²) in [6.07, 6.45) is 0. The minimum absolute atomic E-state index is 0.676. The third-order valence-corrected chi connectivity index (χ3v) is 2.58. The molecule has 1 aromatic rings. The van der Waals surface area contributed by atoms with Gasteiger partial charge in [-0.25, -0.2) is 0 Å². The molecule has 0 amide bonds. The summed E-state index contributed by atoms with van der Waals surface area (Å²) < 4.78 is 10.5. The maximum atomic E-state index is 5.38. The summed E-state index contributed by atoms with van der Waals surface area (Å²) in [5.74, 6) is 1.52. The van der Waals surface area contributed by atoms with Gasteiger partial charge in [0.25, 0.3) is 0 Å². The molecule has 0 saturated heterocycles. The lowest BCUT2D eigenvalue weighted by Crippen LogP contribution is -2.30. The van der Waals surface area contributed by atoms with Crippen molar-refractivity contribution in [3.63, 3.8) is 0 Å². The van der Waals surface area contributed by atoms with Crippen molar-refractivity contribution >= 4 is 0 Å². The van der Waals surface area contributed by atoms with Crippen LogP contribution in [0.3, 0.4) is 0 Å². The number of nitrogens with one attached hydrogen (secondary N) is 2. The lowest BCUT2D eigenvalue weighted by molar-refractivity contribution is 0.354. The fourth-order valence-electron chi connectivity index (χ4n) is 1.63. The molecule has 0 aromatic heterocycles. The monoisotopic (exact) mass is 253 g/mol. The number of rotatable bonds is 9. The fraction of sp³-hybridized carbons (Fsp3) is 0.538. The number of hydrogen-bond donors (Lipinski definition) is 3. The Balaban J connectivity index is 2.34. The van der Waals surface area contributed by atoms with Gasteiger partial charge in [-0.3, -0.25) is 0 Å². The third kappa shape index (κ3) is 4.91. The van der Waals surface area contributed by atoms with E-state index < -0.39 is 0 Å². The van der Waals surface area contributed by atoms with Crippen LogP contribution >= 0.6 is 0 Å². The van der Waals surface area contributed by atoms with Crippen LogP contribution in [-0.4, -0.2) is 40.4 Å². The number of methoxy groups -OCH3 is 2. The van der Waals surface area contributed by atoms with Gasteiger partial charge in [0.1, 0.15) is 0 Å². The van der Waals surface area contributed by atoms with Crippen LogP contribution < -0.4 is 25.8 Å². The highest BCUT2D eigenvalue weighted by Crippen LogP contribution is 2.27. The summed E-state index contributed by atoms with van der Waals surface area (Å²) in [5.41, 5.74) is 6.56. The second kappa shape index (κ2) is 8.74. The highest BCUT2D eigenvalue weighted by Gasteiger charge is 2.03. The van der Waals surface area contributed by atoms with E-state index in [4.69, 9.17) is 15.2 Å². The minimum Gasteiger partial charge on any atom is -0.493 e. The molecule has 0 aliphatic rings. The Kier molecular flexibility index (Phi) is 7.17. The van der Waals surface area contributed by atoms with Gasteiger partial charge < -0.3 is 25.8 Å². The molecule has 4 N–H and O–H groups in total. The largest absolute Gasteiger partial charge is 0.493 e. The summed E-state index contributed by atoms with van der Waals surface area (Å²) in [6, 6.07) is 5.93. The van der Waals surface area contributed by atoms with Gasteiger partial charge in [-0.05, 0) is 17.7 Å². The number of hydrogen-bond acceptors (Lipinski definition) is 5. The number of benzene rings is 1. The summed E-state index contributed by atoms with van der Waals surface area (Å²) in [6.45, 7) is 4.18. The van der Waals surface area contributed by atoms with Gasteiger partial charge in [0.05, 0.1) is 14.2 Å². The molecule has 102 valence electrons. The predicted molar refractivity (Wildman–Crippen MR) is 73.2 cm³/mol. The van der Waals surface area contributed by atoms with E-state index in [1.807, 2.05) is 18.2 Å². The van der Waals surface area contributed by atoms with E-state index in [0.717, 1.165) is 37.7 Å². The first kappa shape index (κ1) is 14.8. The van der Waals surface area contributed by atoms with E-state index in [0.29, 0.717) is 6.54 Å². The van der Waals surface area contributed by atoms with Gasteiger partial charge in [0, 0.05) is 32.7 Å². The van der Waals surface area contributed by atoms with Gasteiger partial charge in [0.2, 0.25) is 0 Å². The zero-order chi connectivity index (χ0) is 13.2. The van der Waals surface area contributed by atoms with E-state index >= 15 is 0 Å². The second-order valence-electron chi connectivity index (χ2n) is 3.90. The van der Waals surface area contributed by atoms with Crippen molar-refractivity contribution in [1.29, 1.82) is 0 Å². The Bertz CT molecular complexity index is 345. The molecule has 1 aromatic carbocycles. The molecule has 1 rings (SSSR count). The maximum absolute atomic E-state index is 5.38. The van der Waals surface area contributed by atoms with Gasteiger partial charge in [-0.15, -0.1) is 0 Å². The van der Waals surface area contributed by atoms with Gasteiger partial charge in [-0.2, -0.15) is 0 Å². The lowest BCUT2D eigenvalue weighted by atomic mass is 10.2. The van der Waals surface area contributed by atoms with Gasteiger partial charge in [0.15, 0.2) is 11.5 Å². The molecule has 0 atom stereocenters. The summed E-state index contributed by atoms with van der Waals surface area (Å²) in [4.78, 5) is 0. The normalized spacial score (nSPS) is 10.4. The van der Waals surface area contributed by atoms with E-state index in [9.17, 15) is 0 Å². The Morgan fingerprint density at radius 2 is 1.72 bits per heavy atom. The van der Waals surface area contributed by atoms with Crippen LogP contribution in [0.5, 0.6) is 11.5 Å². The summed E-state index contributed by atoms with van der Waals surface area (Å²) in [7, 11) is 3.28. The zero-order valence-corrected chi connectivity index (χ0v) is 11.2. The molecule has 0 aliphatic heterocycles. The van der Waals surface area contributed by atoms with Crippen LogP contribution in [0.1, 0.15) is 5.56 Å². The van der Waals surface area contributed by atoms with Crippen molar-refractivity contribution in [2.24, 2.45) is 5.73 Å². The molecule has 0 bridgehead atoms. The minimum atomic E-state index is 0.676. The van der Waals surface area contributed by atoms with Crippen LogP contribution in [0, 0.1) is 0 Å². The van der Waals surface area contributed by atoms with Gasteiger partial charge >= 0.3 is 0 Å². The first-order valence-corrected chi connectivity index (χ1v) is 6.14. The molecule has 0 fully saturated rings. The molecule has 0 spiro atoms. The van der Waals surface area contributed by atoms with E-state index in [2.05, 4.69) is 10.6 Å². The zero-order valence-electron chi connectivity index (χ0n) is 11.2. The van der Waals surface area contributed by atoms with E-state index in [1.165, 1.54) is 5.56 Å². The molecule has 0 heterocycles. The van der Waals surface area contributed by atoms with Crippen LogP contribution in [0.25, 0.3) is 0 Å². The molecule has 5 heteroatoms. The highest BCUT2D eigenvalue weighted by atomic mass is 16.5. The molecule has 0 saturated carbocycles. The predicted octanol–water partition coefficient (Wildman–Crippen LogP) is 0.342. The maximum Gasteiger partial charge on any atom is 0.161 e. The average molecular weight is 253 g/mol. The van der Waals surface area contributed by atoms with E-state index in [-0.39, 0.29) is 0 Å². The fourth-order valence-corrected chi connectivity index (χ4v) is 1.63. The smallest absolute Gasteiger partial charge is 0.161 e. The van der Waals surface area contributed by atoms with Crippen molar-refractivity contribution in [3.05, 3.63) is 23.8 Å². The van der Waals surface area contributed by atoms with Crippen LogP contribution in [0.15, 0.2) is 18.2 Å². The lowest BCUT2D eigenvalue weighted by Gasteiger charge is -2.10. The molecule has 0 aliphatic carbocycles. The molecule has 5 nitrogen and oxygen atoms in total. The van der Waals surface area contributed by atoms with Crippen molar-refractivity contribution in [3.8, 4) is 11.5 Å². The first-order valence-electron chi connectivity index (χ1n) is 6.14. The standard InChI is InChI=1S/C13H23N3O2/c1-17-12-4-3-11(9-13(12)18-2)10-16-8-7-15-6-5-14/h3-4,9,15-16H,5-8,10,14H2,1-2H3. The molecule has 0 radical (unpaired) electrons. The Hall–Kier alpha value is -1.30. The van der Waals surface area contributed by atoms with Gasteiger partial charge in [-0.1, -0.05) is 6.07 Å². The molecular formula is C13H23N3O2. The Morgan fingerprint density at radius 1 is 1.00 bits per heavy atom. The highest BCUT2D eigenvalue weighted by molar-refractivity contribution is 5.42. The third-order valence-electron chi connectivity index (χ3n) is 2.58. The van der Waals surface area contributed by atoms with Crippen molar-refractivity contribution in [2.75, 3.05) is 40.4 Å². The summed E-state index contributed by atoms with van der Waals surface area (Å²) >= 11 is 0. The van der Waals surface area contributed by atoms with Crippen molar-refractivity contribution < 1.29 is 9.47 Å². The number of ether oxygens (including phenoxy) is 2. The van der Waals surface area contributed by atoms with Crippen molar-refractivity contribution in [2.45, 2.75) is 6.54 Å². The first-order chi connectivity index (χ1) is 8.81. The van der Waals surface area contributed by atoms with Crippen LogP contribution in [0.2, 0.25) is 0 Å². The quantitative estimate of drug-likeness (QED) is 0.554. The SMILES string of the molecule is COc1ccc(CNCCNCCN)cc1OC. The summed E-state index contributed by atoms with van der Waals surface area (Å²) in [5, 5.41) is 6.58. The molecule has 0 unspecified atom stereocenters.